The zero-order valence-electron chi connectivity index (χ0n) is 7.77. The molecule has 0 aliphatic carbocycles. The van der Waals surface area contributed by atoms with E-state index in [2.05, 4.69) is 28.9 Å². The monoisotopic (exact) mass is 333 g/mol. The van der Waals surface area contributed by atoms with Crippen LogP contribution >= 0.6 is 27.5 Å². The molecule has 0 aliphatic heterocycles. The van der Waals surface area contributed by atoms with E-state index in [1.165, 1.54) is 16.9 Å². The molecule has 1 unspecified atom stereocenters. The van der Waals surface area contributed by atoms with Crippen LogP contribution in [0.5, 0.6) is 0 Å². The van der Waals surface area contributed by atoms with E-state index >= 15 is 0 Å². The molecule has 14 heavy (non-hydrogen) atoms. The van der Waals surface area contributed by atoms with E-state index in [0.29, 0.717) is 0 Å². The van der Waals surface area contributed by atoms with Gasteiger partial charge in [-0.05, 0) is 0 Å². The number of aryl methyl sites for hydroxylation is 1. The predicted molar refractivity (Wildman–Crippen MR) is 66.0 cm³/mol. The second kappa shape index (κ2) is 5.21. The van der Waals surface area contributed by atoms with Gasteiger partial charge in [-0.3, -0.25) is 0 Å². The van der Waals surface area contributed by atoms with Crippen molar-refractivity contribution < 1.29 is 0 Å². The van der Waals surface area contributed by atoms with Crippen LogP contribution in [-0.2, 0) is 6.42 Å². The number of hydrogen-bond acceptors (Lipinski definition) is 1. The zero-order chi connectivity index (χ0) is 10.7. The molecule has 0 N–H and O–H groups in total. The van der Waals surface area contributed by atoms with Crippen molar-refractivity contribution in [2.75, 3.05) is 0 Å². The van der Waals surface area contributed by atoms with E-state index < -0.39 is 0 Å². The first-order chi connectivity index (χ1) is 6.61. The molecular formula is C10H10AsBrClN. The minimum atomic E-state index is 0.727. The summed E-state index contributed by atoms with van der Waals surface area (Å²) in [5.74, 6) is 0. The Morgan fingerprint density at radius 3 is 2.79 bits per heavy atom. The van der Waals surface area contributed by atoms with Gasteiger partial charge in [0.15, 0.2) is 0 Å². The van der Waals surface area contributed by atoms with Crippen molar-refractivity contribution in [2.24, 2.45) is 0 Å². The number of hydrogen-bond donors (Lipinski definition) is 0. The fraction of sp³-hybridized carbons (Fsp3) is 0.300. The van der Waals surface area contributed by atoms with E-state index in [-0.39, 0.29) is 0 Å². The maximum absolute atomic E-state index is 8.92. The van der Waals surface area contributed by atoms with Crippen LogP contribution < -0.4 is 4.35 Å². The molecule has 4 heteroatoms. The van der Waals surface area contributed by atoms with Crippen molar-refractivity contribution in [3.63, 3.8) is 0 Å². The SMILES string of the molecule is CCCc1cc(C#N)c([AsH2])c(Br)c1Cl. The Balaban J connectivity index is 3.34. The summed E-state index contributed by atoms with van der Waals surface area (Å²) in [5.41, 5.74) is 1.78. The molecule has 1 aromatic carbocycles. The van der Waals surface area contributed by atoms with Gasteiger partial charge < -0.3 is 0 Å². The van der Waals surface area contributed by atoms with Gasteiger partial charge in [0.1, 0.15) is 0 Å². The third-order valence-corrected chi connectivity index (χ3v) is 5.59. The van der Waals surface area contributed by atoms with Crippen LogP contribution in [0.4, 0.5) is 0 Å². The maximum atomic E-state index is 8.92. The predicted octanol–water partition coefficient (Wildman–Crippen LogP) is 2.19. The van der Waals surface area contributed by atoms with Crippen molar-refractivity contribution in [3.8, 4) is 6.07 Å². The number of nitrogens with zero attached hydrogens (tertiary/aromatic N) is 1. The van der Waals surface area contributed by atoms with Crippen LogP contribution in [-0.4, -0.2) is 16.9 Å². The topological polar surface area (TPSA) is 23.8 Å². The van der Waals surface area contributed by atoms with Gasteiger partial charge in [0, 0.05) is 0 Å². The molecule has 0 radical (unpaired) electrons. The van der Waals surface area contributed by atoms with E-state index in [4.69, 9.17) is 16.9 Å². The van der Waals surface area contributed by atoms with Gasteiger partial charge in [-0.25, -0.2) is 0 Å². The van der Waals surface area contributed by atoms with Gasteiger partial charge in [0.05, 0.1) is 0 Å². The molecule has 0 aromatic heterocycles. The fourth-order valence-electron chi connectivity index (χ4n) is 1.24. The molecule has 0 fully saturated rings. The average molecular weight is 334 g/mol. The van der Waals surface area contributed by atoms with Crippen molar-refractivity contribution in [3.05, 3.63) is 26.7 Å². The quantitative estimate of drug-likeness (QED) is 0.761. The molecule has 0 saturated heterocycles. The summed E-state index contributed by atoms with van der Waals surface area (Å²) < 4.78 is 1.85. The third kappa shape index (κ3) is 2.34. The van der Waals surface area contributed by atoms with Gasteiger partial charge in [-0.15, -0.1) is 0 Å². The molecule has 0 spiro atoms. The van der Waals surface area contributed by atoms with Crippen LogP contribution in [0.25, 0.3) is 0 Å². The van der Waals surface area contributed by atoms with Crippen molar-refractivity contribution >= 4 is 48.7 Å². The van der Waals surface area contributed by atoms with Crippen LogP contribution in [0.2, 0.25) is 5.02 Å². The normalized spacial score (nSPS) is 9.93. The molecule has 1 aromatic rings. The first-order valence-electron chi connectivity index (χ1n) is 4.28. The molecule has 0 amide bonds. The second-order valence-corrected chi connectivity index (χ2v) is 5.37. The van der Waals surface area contributed by atoms with Crippen LogP contribution in [0.1, 0.15) is 24.5 Å². The van der Waals surface area contributed by atoms with Crippen LogP contribution in [0.15, 0.2) is 10.5 Å². The molecule has 0 saturated carbocycles. The van der Waals surface area contributed by atoms with Crippen molar-refractivity contribution in [1.82, 2.24) is 0 Å². The average Bonchev–Trinajstić information content (AvgIpc) is 2.19. The molecule has 0 heterocycles. The number of benzene rings is 1. The summed E-state index contributed by atoms with van der Waals surface area (Å²) in [7, 11) is 0. The molecular weight excluding hydrogens is 324 g/mol. The summed E-state index contributed by atoms with van der Waals surface area (Å²) in [4.78, 5) is 0. The Hall–Kier alpha value is 0.0384. The molecule has 1 rings (SSSR count). The number of nitriles is 1. The Morgan fingerprint density at radius 1 is 1.64 bits per heavy atom. The summed E-state index contributed by atoms with van der Waals surface area (Å²) >= 11 is 11.0. The molecule has 74 valence electrons. The standard InChI is InChI=1S/C10H10AsBrClN/c1-2-3-6-4-7(5-14)8(11)9(12)10(6)13/h4H,2-3,11H2,1H3. The molecule has 0 bridgehead atoms. The molecule has 1 nitrogen and oxygen atoms in total. The zero-order valence-corrected chi connectivity index (χ0v) is 12.5. The van der Waals surface area contributed by atoms with E-state index in [9.17, 15) is 0 Å². The van der Waals surface area contributed by atoms with Crippen molar-refractivity contribution in [2.45, 2.75) is 19.8 Å². The number of halogens is 2. The first kappa shape index (κ1) is 12.1. The second-order valence-electron chi connectivity index (χ2n) is 2.99. The van der Waals surface area contributed by atoms with E-state index in [1.807, 2.05) is 6.07 Å². The van der Waals surface area contributed by atoms with Crippen LogP contribution in [0, 0.1) is 11.3 Å². The number of rotatable bonds is 2. The van der Waals surface area contributed by atoms with Gasteiger partial charge in [-0.1, -0.05) is 0 Å². The van der Waals surface area contributed by atoms with E-state index in [0.717, 1.165) is 37.8 Å². The Morgan fingerprint density at radius 2 is 2.29 bits per heavy atom. The fourth-order valence-corrected chi connectivity index (χ4v) is 2.76. The molecule has 1 atom stereocenters. The van der Waals surface area contributed by atoms with Gasteiger partial charge in [0.25, 0.3) is 0 Å². The Bertz CT molecular complexity index is 398. The minimum absolute atomic E-state index is 0.727. The summed E-state index contributed by atoms with van der Waals surface area (Å²) in [6.07, 6.45) is 1.95. The third-order valence-electron chi connectivity index (χ3n) is 1.96. The van der Waals surface area contributed by atoms with Gasteiger partial charge >= 0.3 is 107 Å². The summed E-state index contributed by atoms with van der Waals surface area (Å²) in [6.45, 7) is 2.10. The Labute approximate surface area is 106 Å². The Kier molecular flexibility index (Phi) is 4.51. The van der Waals surface area contributed by atoms with Crippen LogP contribution in [0.3, 0.4) is 0 Å². The van der Waals surface area contributed by atoms with Gasteiger partial charge in [0.2, 0.25) is 0 Å². The first-order valence-corrected chi connectivity index (χ1v) is 6.66. The molecule has 0 aliphatic rings. The van der Waals surface area contributed by atoms with Crippen molar-refractivity contribution in [1.29, 1.82) is 5.26 Å². The van der Waals surface area contributed by atoms with Gasteiger partial charge in [-0.2, -0.15) is 0 Å². The van der Waals surface area contributed by atoms with E-state index in [1.54, 1.807) is 0 Å². The summed E-state index contributed by atoms with van der Waals surface area (Å²) in [6, 6.07) is 4.09. The summed E-state index contributed by atoms with van der Waals surface area (Å²) in [5, 5.41) is 9.68.